The standard InChI is InChI=1S/C20H18FN3O3/c1-13-4-5-14(11-18(13)21)19(25)23-15-6-8-16(9-7-15)24-20(26)22-12-17-3-2-10-27-17/h2-11H,12H2,1H3,(H,23,25)(H2,22,24,26). The van der Waals surface area contributed by atoms with Crippen molar-refractivity contribution in [2.45, 2.75) is 13.5 Å². The van der Waals surface area contributed by atoms with Gasteiger partial charge < -0.3 is 20.4 Å². The Kier molecular flexibility index (Phi) is 5.51. The molecule has 1 aromatic heterocycles. The smallest absolute Gasteiger partial charge is 0.319 e. The van der Waals surface area contributed by atoms with Gasteiger partial charge in [-0.3, -0.25) is 4.79 Å². The predicted molar refractivity (Wildman–Crippen MR) is 100 cm³/mol. The first-order valence-electron chi connectivity index (χ1n) is 8.26. The third kappa shape index (κ3) is 4.94. The highest BCUT2D eigenvalue weighted by atomic mass is 19.1. The first kappa shape index (κ1) is 18.2. The van der Waals surface area contributed by atoms with Crippen molar-refractivity contribution in [3.05, 3.63) is 83.6 Å². The number of nitrogens with one attached hydrogen (secondary N) is 3. The number of rotatable bonds is 5. The van der Waals surface area contributed by atoms with Gasteiger partial charge in [0.05, 0.1) is 12.8 Å². The number of benzene rings is 2. The third-order valence-corrected chi connectivity index (χ3v) is 3.84. The van der Waals surface area contributed by atoms with Gasteiger partial charge in [-0.2, -0.15) is 0 Å². The molecular weight excluding hydrogens is 349 g/mol. The lowest BCUT2D eigenvalue weighted by atomic mass is 10.1. The zero-order valence-electron chi connectivity index (χ0n) is 14.6. The number of carbonyl (C=O) groups excluding carboxylic acids is 2. The molecule has 138 valence electrons. The van der Waals surface area contributed by atoms with Gasteiger partial charge in [0.15, 0.2) is 0 Å². The lowest BCUT2D eigenvalue weighted by molar-refractivity contribution is 0.102. The highest BCUT2D eigenvalue weighted by Crippen LogP contribution is 2.16. The Balaban J connectivity index is 1.54. The molecule has 0 aliphatic carbocycles. The summed E-state index contributed by atoms with van der Waals surface area (Å²) in [7, 11) is 0. The quantitative estimate of drug-likeness (QED) is 0.629. The minimum absolute atomic E-state index is 0.234. The zero-order chi connectivity index (χ0) is 19.2. The van der Waals surface area contributed by atoms with Crippen LogP contribution in [0.3, 0.4) is 0 Å². The summed E-state index contributed by atoms with van der Waals surface area (Å²) >= 11 is 0. The normalized spacial score (nSPS) is 10.3. The Morgan fingerprint density at radius 2 is 1.70 bits per heavy atom. The second-order valence-electron chi connectivity index (χ2n) is 5.88. The molecule has 0 saturated carbocycles. The molecule has 3 N–H and O–H groups in total. The lowest BCUT2D eigenvalue weighted by Crippen LogP contribution is -2.27. The largest absolute Gasteiger partial charge is 0.467 e. The van der Waals surface area contributed by atoms with Crippen LogP contribution in [0.25, 0.3) is 0 Å². The summed E-state index contributed by atoms with van der Waals surface area (Å²) in [6.45, 7) is 1.91. The summed E-state index contributed by atoms with van der Waals surface area (Å²) < 4.78 is 18.7. The predicted octanol–water partition coefficient (Wildman–Crippen LogP) is 4.30. The number of anilines is 2. The molecule has 27 heavy (non-hydrogen) atoms. The number of carbonyl (C=O) groups is 2. The van der Waals surface area contributed by atoms with Gasteiger partial charge in [-0.15, -0.1) is 0 Å². The van der Waals surface area contributed by atoms with Crippen LogP contribution < -0.4 is 16.0 Å². The van der Waals surface area contributed by atoms with Crippen LogP contribution in [-0.4, -0.2) is 11.9 Å². The SMILES string of the molecule is Cc1ccc(C(=O)Nc2ccc(NC(=O)NCc3ccco3)cc2)cc1F. The van der Waals surface area contributed by atoms with Gasteiger partial charge >= 0.3 is 6.03 Å². The maximum absolute atomic E-state index is 13.6. The fourth-order valence-electron chi connectivity index (χ4n) is 2.33. The van der Waals surface area contributed by atoms with E-state index in [-0.39, 0.29) is 18.1 Å². The molecule has 7 heteroatoms. The molecule has 0 aliphatic heterocycles. The Bertz CT molecular complexity index is 938. The second kappa shape index (κ2) is 8.18. The number of hydrogen-bond acceptors (Lipinski definition) is 3. The van der Waals surface area contributed by atoms with Crippen molar-refractivity contribution < 1.29 is 18.4 Å². The van der Waals surface area contributed by atoms with Crippen molar-refractivity contribution in [3.8, 4) is 0 Å². The molecule has 0 aliphatic rings. The van der Waals surface area contributed by atoms with E-state index >= 15 is 0 Å². The first-order valence-corrected chi connectivity index (χ1v) is 8.26. The van der Waals surface area contributed by atoms with Crippen LogP contribution in [0.4, 0.5) is 20.6 Å². The fraction of sp³-hybridized carbons (Fsp3) is 0.100. The minimum Gasteiger partial charge on any atom is -0.467 e. The molecule has 0 atom stereocenters. The van der Waals surface area contributed by atoms with Crippen LogP contribution in [0.2, 0.25) is 0 Å². The summed E-state index contributed by atoms with van der Waals surface area (Å²) in [6.07, 6.45) is 1.53. The Morgan fingerprint density at radius 1 is 1.00 bits per heavy atom. The van der Waals surface area contributed by atoms with Crippen molar-refractivity contribution in [3.63, 3.8) is 0 Å². The van der Waals surface area contributed by atoms with Crippen LogP contribution in [0.5, 0.6) is 0 Å². The highest BCUT2D eigenvalue weighted by molar-refractivity contribution is 6.04. The number of hydrogen-bond donors (Lipinski definition) is 3. The van der Waals surface area contributed by atoms with Gasteiger partial charge in [0.2, 0.25) is 0 Å². The van der Waals surface area contributed by atoms with E-state index in [1.165, 1.54) is 12.3 Å². The van der Waals surface area contributed by atoms with Crippen molar-refractivity contribution in [1.29, 1.82) is 0 Å². The minimum atomic E-state index is -0.428. The molecule has 0 spiro atoms. The molecule has 3 rings (SSSR count). The van der Waals surface area contributed by atoms with Gasteiger partial charge in [0.25, 0.3) is 5.91 Å². The maximum Gasteiger partial charge on any atom is 0.319 e. The van der Waals surface area contributed by atoms with E-state index in [0.29, 0.717) is 22.7 Å². The number of halogens is 1. The molecule has 2 aromatic carbocycles. The van der Waals surface area contributed by atoms with Crippen LogP contribution in [0.15, 0.2) is 65.3 Å². The summed E-state index contributed by atoms with van der Waals surface area (Å²) in [5.74, 6) is -0.190. The molecule has 1 heterocycles. The number of amides is 3. The van der Waals surface area contributed by atoms with Crippen LogP contribution in [0.1, 0.15) is 21.7 Å². The monoisotopic (exact) mass is 367 g/mol. The topological polar surface area (TPSA) is 83.4 Å². The van der Waals surface area contributed by atoms with Crippen molar-refractivity contribution in [2.24, 2.45) is 0 Å². The number of aryl methyl sites for hydroxylation is 1. The molecule has 0 saturated heterocycles. The molecule has 6 nitrogen and oxygen atoms in total. The Morgan fingerprint density at radius 3 is 2.33 bits per heavy atom. The molecular formula is C20H18FN3O3. The highest BCUT2D eigenvalue weighted by Gasteiger charge is 2.09. The summed E-state index contributed by atoms with van der Waals surface area (Å²) in [4.78, 5) is 24.0. The first-order chi connectivity index (χ1) is 13.0. The van der Waals surface area contributed by atoms with Gasteiger partial charge in [-0.1, -0.05) is 6.07 Å². The van der Waals surface area contributed by atoms with Gasteiger partial charge in [-0.05, 0) is 61.0 Å². The lowest BCUT2D eigenvalue weighted by Gasteiger charge is -2.09. The van der Waals surface area contributed by atoms with E-state index in [1.807, 2.05) is 0 Å². The molecule has 0 bridgehead atoms. The van der Waals surface area contributed by atoms with Gasteiger partial charge in [0, 0.05) is 16.9 Å². The fourth-order valence-corrected chi connectivity index (χ4v) is 2.33. The third-order valence-electron chi connectivity index (χ3n) is 3.84. The summed E-state index contributed by atoms with van der Waals surface area (Å²) in [5.41, 5.74) is 1.80. The number of furan rings is 1. The van der Waals surface area contributed by atoms with E-state index in [9.17, 15) is 14.0 Å². The van der Waals surface area contributed by atoms with Gasteiger partial charge in [0.1, 0.15) is 11.6 Å². The van der Waals surface area contributed by atoms with Gasteiger partial charge in [-0.25, -0.2) is 9.18 Å². The van der Waals surface area contributed by atoms with E-state index in [0.717, 1.165) is 0 Å². The van der Waals surface area contributed by atoms with Crippen LogP contribution in [-0.2, 0) is 6.54 Å². The molecule has 0 radical (unpaired) electrons. The van der Waals surface area contributed by atoms with Crippen molar-refractivity contribution in [2.75, 3.05) is 10.6 Å². The van der Waals surface area contributed by atoms with Crippen molar-refractivity contribution >= 4 is 23.3 Å². The molecule has 3 amide bonds. The average Bonchev–Trinajstić information content (AvgIpc) is 3.17. The van der Waals surface area contributed by atoms with E-state index in [1.54, 1.807) is 55.5 Å². The average molecular weight is 367 g/mol. The van der Waals surface area contributed by atoms with E-state index in [2.05, 4.69) is 16.0 Å². The summed E-state index contributed by atoms with van der Waals surface area (Å²) in [6, 6.07) is 14.0. The Labute approximate surface area is 155 Å². The second-order valence-corrected chi connectivity index (χ2v) is 5.88. The molecule has 0 fully saturated rings. The maximum atomic E-state index is 13.6. The molecule has 0 unspecified atom stereocenters. The van der Waals surface area contributed by atoms with E-state index in [4.69, 9.17) is 4.42 Å². The van der Waals surface area contributed by atoms with Crippen LogP contribution >= 0.6 is 0 Å². The van der Waals surface area contributed by atoms with E-state index < -0.39 is 11.7 Å². The summed E-state index contributed by atoms with van der Waals surface area (Å²) in [5, 5.41) is 8.02. The number of urea groups is 1. The zero-order valence-corrected chi connectivity index (χ0v) is 14.6. The van der Waals surface area contributed by atoms with Crippen LogP contribution in [0, 0.1) is 12.7 Å². The Hall–Kier alpha value is -3.61. The molecule has 3 aromatic rings. The van der Waals surface area contributed by atoms with Crippen molar-refractivity contribution in [1.82, 2.24) is 5.32 Å².